The second kappa shape index (κ2) is 4.22. The van der Waals surface area contributed by atoms with Crippen molar-refractivity contribution in [3.8, 4) is 0 Å². The van der Waals surface area contributed by atoms with Crippen molar-refractivity contribution >= 4 is 5.91 Å². The maximum Gasteiger partial charge on any atom is 0.216 e. The molecule has 1 aliphatic heterocycles. The van der Waals surface area contributed by atoms with Crippen LogP contribution in [0.25, 0.3) is 0 Å². The van der Waals surface area contributed by atoms with Gasteiger partial charge >= 0.3 is 0 Å². The average Bonchev–Trinajstić information content (AvgIpc) is 2.42. The summed E-state index contributed by atoms with van der Waals surface area (Å²) in [6.07, 6.45) is -1.99. The van der Waals surface area contributed by atoms with Gasteiger partial charge in [0.05, 0.1) is 13.2 Å². The molecule has 1 heterocycles. The van der Waals surface area contributed by atoms with E-state index in [2.05, 4.69) is 5.32 Å². The highest BCUT2D eigenvalue weighted by atomic mass is 16.7. The minimum Gasteiger partial charge on any atom is -0.385 e. The van der Waals surface area contributed by atoms with E-state index in [4.69, 9.17) is 9.47 Å². The number of ether oxygens (including phenoxy) is 2. The second-order valence-corrected chi connectivity index (χ2v) is 3.37. The summed E-state index contributed by atoms with van der Waals surface area (Å²) in [7, 11) is 1.37. The summed E-state index contributed by atoms with van der Waals surface area (Å²) >= 11 is 0. The molecule has 1 saturated heterocycles. The molecule has 14 heavy (non-hydrogen) atoms. The van der Waals surface area contributed by atoms with Crippen LogP contribution in [0.15, 0.2) is 0 Å². The summed E-state index contributed by atoms with van der Waals surface area (Å²) in [6.45, 7) is 1.22. The van der Waals surface area contributed by atoms with Crippen LogP contribution in [0.1, 0.15) is 6.92 Å². The fourth-order valence-electron chi connectivity index (χ4n) is 1.29. The maximum atomic E-state index is 10.6. The molecule has 0 aromatic heterocycles. The molecule has 3 N–H and O–H groups in total. The first-order valence-corrected chi connectivity index (χ1v) is 4.29. The summed E-state index contributed by atoms with van der Waals surface area (Å²) in [6, 6.07) is 0. The van der Waals surface area contributed by atoms with E-state index in [9.17, 15) is 15.0 Å². The molecule has 1 fully saturated rings. The largest absolute Gasteiger partial charge is 0.385 e. The standard InChI is InChI=1S/C8H15NO5/c1-5(10)9-3-8(12)4-14-7(13-2)6(8)11/h6-7,11-12H,3-4H2,1-2H3,(H,9,10)/t6-,7-,8?/m0/s1. The van der Waals surface area contributed by atoms with E-state index in [1.165, 1.54) is 14.0 Å². The van der Waals surface area contributed by atoms with E-state index in [1.807, 2.05) is 0 Å². The van der Waals surface area contributed by atoms with Crippen LogP contribution in [0.2, 0.25) is 0 Å². The molecule has 0 radical (unpaired) electrons. The van der Waals surface area contributed by atoms with Gasteiger partial charge in [0.25, 0.3) is 0 Å². The molecular formula is C8H15NO5. The highest BCUT2D eigenvalue weighted by Crippen LogP contribution is 2.24. The number of rotatable bonds is 3. The fraction of sp³-hybridized carbons (Fsp3) is 0.875. The van der Waals surface area contributed by atoms with Gasteiger partial charge in [0.2, 0.25) is 5.91 Å². The summed E-state index contributed by atoms with van der Waals surface area (Å²) in [5, 5.41) is 21.8. The first-order chi connectivity index (χ1) is 6.49. The van der Waals surface area contributed by atoms with Crippen molar-refractivity contribution in [1.29, 1.82) is 0 Å². The number of carbonyl (C=O) groups is 1. The Balaban J connectivity index is 2.53. The van der Waals surface area contributed by atoms with Gasteiger partial charge in [0, 0.05) is 14.0 Å². The predicted octanol–water partition coefficient (Wildman–Crippen LogP) is -1.78. The van der Waals surface area contributed by atoms with Gasteiger partial charge in [-0.2, -0.15) is 0 Å². The van der Waals surface area contributed by atoms with Crippen LogP contribution in [0.4, 0.5) is 0 Å². The fourth-order valence-corrected chi connectivity index (χ4v) is 1.29. The van der Waals surface area contributed by atoms with Crippen LogP contribution >= 0.6 is 0 Å². The zero-order valence-electron chi connectivity index (χ0n) is 8.19. The molecule has 0 spiro atoms. The van der Waals surface area contributed by atoms with Crippen LogP contribution in [0, 0.1) is 0 Å². The van der Waals surface area contributed by atoms with E-state index in [0.29, 0.717) is 0 Å². The van der Waals surface area contributed by atoms with Crippen molar-refractivity contribution in [2.45, 2.75) is 24.9 Å². The molecule has 3 atom stereocenters. The minimum absolute atomic E-state index is 0.0522. The summed E-state index contributed by atoms with van der Waals surface area (Å²) in [5.74, 6) is -0.272. The molecule has 0 aromatic rings. The van der Waals surface area contributed by atoms with Gasteiger partial charge < -0.3 is 25.0 Å². The Labute approximate surface area is 81.8 Å². The quantitative estimate of drug-likeness (QED) is 0.507. The highest BCUT2D eigenvalue weighted by Gasteiger charge is 2.48. The lowest BCUT2D eigenvalue weighted by molar-refractivity contribution is -0.142. The topological polar surface area (TPSA) is 88.0 Å². The third kappa shape index (κ3) is 2.21. The Morgan fingerprint density at radius 1 is 1.79 bits per heavy atom. The van der Waals surface area contributed by atoms with E-state index in [0.717, 1.165) is 0 Å². The molecule has 6 heteroatoms. The zero-order chi connectivity index (χ0) is 10.8. The molecule has 82 valence electrons. The molecule has 0 saturated carbocycles. The third-order valence-electron chi connectivity index (χ3n) is 2.18. The summed E-state index contributed by atoms with van der Waals surface area (Å²) < 4.78 is 9.77. The van der Waals surface area contributed by atoms with Gasteiger partial charge in [-0.05, 0) is 0 Å². The molecule has 0 aliphatic carbocycles. The van der Waals surface area contributed by atoms with Gasteiger partial charge in [-0.1, -0.05) is 0 Å². The Hall–Kier alpha value is -0.690. The van der Waals surface area contributed by atoms with Gasteiger partial charge in [-0.15, -0.1) is 0 Å². The summed E-state index contributed by atoms with van der Waals surface area (Å²) in [4.78, 5) is 10.6. The number of methoxy groups -OCH3 is 1. The first-order valence-electron chi connectivity index (χ1n) is 4.29. The van der Waals surface area contributed by atoms with Crippen LogP contribution in [0.3, 0.4) is 0 Å². The molecule has 1 rings (SSSR count). The Morgan fingerprint density at radius 3 is 2.86 bits per heavy atom. The second-order valence-electron chi connectivity index (χ2n) is 3.37. The highest BCUT2D eigenvalue weighted by molar-refractivity contribution is 5.72. The average molecular weight is 205 g/mol. The molecular weight excluding hydrogens is 190 g/mol. The Bertz CT molecular complexity index is 222. The molecule has 6 nitrogen and oxygen atoms in total. The van der Waals surface area contributed by atoms with E-state index >= 15 is 0 Å². The number of aliphatic hydroxyl groups is 2. The molecule has 0 aromatic carbocycles. The Kier molecular flexibility index (Phi) is 3.43. The monoisotopic (exact) mass is 205 g/mol. The number of hydrogen-bond donors (Lipinski definition) is 3. The molecule has 1 aliphatic rings. The van der Waals surface area contributed by atoms with Crippen molar-refractivity contribution in [1.82, 2.24) is 5.32 Å². The van der Waals surface area contributed by atoms with Gasteiger partial charge in [0.15, 0.2) is 6.29 Å². The van der Waals surface area contributed by atoms with Gasteiger partial charge in [-0.3, -0.25) is 4.79 Å². The Morgan fingerprint density at radius 2 is 2.43 bits per heavy atom. The number of aliphatic hydroxyl groups excluding tert-OH is 1. The lowest BCUT2D eigenvalue weighted by Crippen LogP contribution is -2.52. The molecule has 1 unspecified atom stereocenters. The normalized spacial score (nSPS) is 37.1. The molecule has 0 bridgehead atoms. The summed E-state index contributed by atoms with van der Waals surface area (Å²) in [5.41, 5.74) is -1.47. The third-order valence-corrected chi connectivity index (χ3v) is 2.18. The number of amides is 1. The van der Waals surface area contributed by atoms with Crippen molar-refractivity contribution in [3.05, 3.63) is 0 Å². The number of carbonyl (C=O) groups excluding carboxylic acids is 1. The van der Waals surface area contributed by atoms with E-state index in [1.54, 1.807) is 0 Å². The van der Waals surface area contributed by atoms with Crippen molar-refractivity contribution in [2.75, 3.05) is 20.3 Å². The lowest BCUT2D eigenvalue weighted by atomic mass is 10.00. The minimum atomic E-state index is -1.47. The molecule has 1 amide bonds. The predicted molar refractivity (Wildman–Crippen MR) is 46.4 cm³/mol. The van der Waals surface area contributed by atoms with E-state index in [-0.39, 0.29) is 19.1 Å². The van der Waals surface area contributed by atoms with Crippen molar-refractivity contribution in [3.63, 3.8) is 0 Å². The van der Waals surface area contributed by atoms with Crippen molar-refractivity contribution in [2.24, 2.45) is 0 Å². The van der Waals surface area contributed by atoms with Crippen LogP contribution < -0.4 is 5.32 Å². The van der Waals surface area contributed by atoms with Crippen LogP contribution in [-0.4, -0.2) is 54.4 Å². The number of nitrogens with one attached hydrogen (secondary N) is 1. The smallest absolute Gasteiger partial charge is 0.216 e. The maximum absolute atomic E-state index is 10.6. The first kappa shape index (κ1) is 11.4. The zero-order valence-corrected chi connectivity index (χ0v) is 8.19. The SMILES string of the molecule is CO[C@H]1OCC(O)(CNC(C)=O)[C@H]1O. The van der Waals surface area contributed by atoms with Gasteiger partial charge in [0.1, 0.15) is 11.7 Å². The van der Waals surface area contributed by atoms with Crippen molar-refractivity contribution < 1.29 is 24.5 Å². The van der Waals surface area contributed by atoms with E-state index < -0.39 is 18.0 Å². The number of hydrogen-bond acceptors (Lipinski definition) is 5. The van der Waals surface area contributed by atoms with Gasteiger partial charge in [-0.25, -0.2) is 0 Å². The van der Waals surface area contributed by atoms with Crippen LogP contribution in [0.5, 0.6) is 0 Å². The lowest BCUT2D eigenvalue weighted by Gasteiger charge is -2.25. The van der Waals surface area contributed by atoms with Crippen LogP contribution in [-0.2, 0) is 14.3 Å².